The number of nitrogens with one attached hydrogen (secondary N) is 1. The summed E-state index contributed by atoms with van der Waals surface area (Å²) >= 11 is 0. The van der Waals surface area contributed by atoms with Crippen molar-refractivity contribution >= 4 is 5.91 Å². The molecule has 0 fully saturated rings. The lowest BCUT2D eigenvalue weighted by Crippen LogP contribution is -2.36. The van der Waals surface area contributed by atoms with Crippen LogP contribution in [0.15, 0.2) is 34.5 Å². The molecule has 2 aliphatic rings. The maximum absolute atomic E-state index is 13.1. The molecule has 2 heterocycles. The van der Waals surface area contributed by atoms with Crippen LogP contribution in [0.5, 0.6) is 0 Å². The van der Waals surface area contributed by atoms with E-state index in [2.05, 4.69) is 16.5 Å². The first kappa shape index (κ1) is 20.0. The van der Waals surface area contributed by atoms with Crippen LogP contribution in [0.1, 0.15) is 66.0 Å². The first-order valence-corrected chi connectivity index (χ1v) is 10.9. The van der Waals surface area contributed by atoms with E-state index in [-0.39, 0.29) is 5.91 Å². The Morgan fingerprint density at radius 1 is 1.38 bits per heavy atom. The molecule has 0 saturated heterocycles. The van der Waals surface area contributed by atoms with Gasteiger partial charge in [-0.15, -0.1) is 0 Å². The summed E-state index contributed by atoms with van der Waals surface area (Å²) in [5.74, 6) is 0.744. The van der Waals surface area contributed by atoms with Gasteiger partial charge in [-0.2, -0.15) is 5.10 Å². The van der Waals surface area contributed by atoms with Gasteiger partial charge in [0, 0.05) is 31.4 Å². The topological polar surface area (TPSA) is 63.3 Å². The number of carbonyl (C=O) groups excluding carboxylic acids is 1. The minimum Gasteiger partial charge on any atom is -0.467 e. The summed E-state index contributed by atoms with van der Waals surface area (Å²) in [5.41, 5.74) is 4.52. The van der Waals surface area contributed by atoms with Crippen LogP contribution in [0.3, 0.4) is 0 Å². The Labute approximate surface area is 172 Å². The van der Waals surface area contributed by atoms with Crippen molar-refractivity contribution in [1.29, 1.82) is 0 Å². The second kappa shape index (κ2) is 8.99. The Morgan fingerprint density at radius 2 is 2.28 bits per heavy atom. The van der Waals surface area contributed by atoms with Gasteiger partial charge in [-0.25, -0.2) is 0 Å². The largest absolute Gasteiger partial charge is 0.467 e. The second-order valence-corrected chi connectivity index (χ2v) is 8.39. The quantitative estimate of drug-likeness (QED) is 0.726. The van der Waals surface area contributed by atoms with E-state index >= 15 is 0 Å². The number of furan rings is 1. The molecule has 1 N–H and O–H groups in total. The highest BCUT2D eigenvalue weighted by molar-refractivity contribution is 5.94. The number of rotatable bonds is 7. The van der Waals surface area contributed by atoms with Crippen molar-refractivity contribution in [1.82, 2.24) is 20.0 Å². The van der Waals surface area contributed by atoms with Crippen LogP contribution in [0.4, 0.5) is 0 Å². The predicted molar refractivity (Wildman–Crippen MR) is 113 cm³/mol. The number of aromatic nitrogens is 2. The monoisotopic (exact) mass is 396 g/mol. The number of allylic oxidation sites excluding steroid dienone is 1. The van der Waals surface area contributed by atoms with E-state index in [0.717, 1.165) is 43.6 Å². The van der Waals surface area contributed by atoms with Crippen molar-refractivity contribution in [2.24, 2.45) is 7.05 Å². The number of nitrogens with zero attached hydrogens (tertiary/aromatic N) is 3. The van der Waals surface area contributed by atoms with Crippen molar-refractivity contribution in [3.8, 4) is 0 Å². The molecule has 2 aromatic rings. The molecule has 0 radical (unpaired) electrons. The molecule has 2 aliphatic carbocycles. The molecular formula is C23H32N4O2. The van der Waals surface area contributed by atoms with E-state index in [1.165, 1.54) is 31.4 Å². The SMILES string of the molecule is CN(Cc1ccco1)C(=O)c1nn(C)c2c1C[C@@H](NCCC1=CCCCC1)CC2. The minimum atomic E-state index is -0.0359. The zero-order chi connectivity index (χ0) is 20.2. The van der Waals surface area contributed by atoms with Crippen molar-refractivity contribution in [3.63, 3.8) is 0 Å². The highest BCUT2D eigenvalue weighted by Gasteiger charge is 2.29. The Balaban J connectivity index is 1.39. The Morgan fingerprint density at radius 3 is 3.03 bits per heavy atom. The van der Waals surface area contributed by atoms with Gasteiger partial charge in [0.1, 0.15) is 5.76 Å². The smallest absolute Gasteiger partial charge is 0.274 e. The molecule has 0 aliphatic heterocycles. The minimum absolute atomic E-state index is 0.0359. The molecule has 6 heteroatoms. The zero-order valence-corrected chi connectivity index (χ0v) is 17.6. The third-order valence-electron chi connectivity index (χ3n) is 6.24. The number of amides is 1. The van der Waals surface area contributed by atoms with Crippen molar-refractivity contribution in [3.05, 3.63) is 52.8 Å². The van der Waals surface area contributed by atoms with Crippen molar-refractivity contribution in [2.75, 3.05) is 13.6 Å². The molecule has 0 unspecified atom stereocenters. The number of hydrogen-bond donors (Lipinski definition) is 1. The van der Waals surface area contributed by atoms with Crippen LogP contribution < -0.4 is 5.32 Å². The lowest BCUT2D eigenvalue weighted by molar-refractivity contribution is 0.0767. The molecule has 6 nitrogen and oxygen atoms in total. The van der Waals surface area contributed by atoms with Crippen LogP contribution in [0.2, 0.25) is 0 Å². The van der Waals surface area contributed by atoms with Gasteiger partial charge in [-0.05, 0) is 70.0 Å². The molecular weight excluding hydrogens is 364 g/mol. The number of hydrogen-bond acceptors (Lipinski definition) is 4. The molecule has 4 rings (SSSR count). The van der Waals surface area contributed by atoms with Gasteiger partial charge in [0.2, 0.25) is 0 Å². The first-order chi connectivity index (χ1) is 14.1. The van der Waals surface area contributed by atoms with Gasteiger partial charge >= 0.3 is 0 Å². The van der Waals surface area contributed by atoms with Crippen LogP contribution in [0, 0.1) is 0 Å². The van der Waals surface area contributed by atoms with Crippen LogP contribution in [0.25, 0.3) is 0 Å². The molecule has 156 valence electrons. The number of fused-ring (bicyclic) bond motifs is 1. The standard InChI is InChI=1S/C23H32N4O2/c1-26(16-19-9-6-14-29-19)23(28)22-20-15-18(10-11-21(20)27(2)25-22)24-13-12-17-7-4-3-5-8-17/h6-7,9,14,18,24H,3-5,8,10-13,15-16H2,1-2H3/t18-/m0/s1. The first-order valence-electron chi connectivity index (χ1n) is 10.9. The van der Waals surface area contributed by atoms with E-state index in [1.54, 1.807) is 16.7 Å². The second-order valence-electron chi connectivity index (χ2n) is 8.39. The van der Waals surface area contributed by atoms with Gasteiger partial charge in [-0.1, -0.05) is 11.6 Å². The summed E-state index contributed by atoms with van der Waals surface area (Å²) in [7, 11) is 3.76. The molecule has 1 amide bonds. The highest BCUT2D eigenvalue weighted by atomic mass is 16.3. The van der Waals surface area contributed by atoms with E-state index in [1.807, 2.05) is 30.9 Å². The summed E-state index contributed by atoms with van der Waals surface area (Å²) in [6.07, 6.45) is 13.3. The van der Waals surface area contributed by atoms with Gasteiger partial charge in [0.05, 0.1) is 12.8 Å². The third-order valence-corrected chi connectivity index (χ3v) is 6.24. The fraction of sp³-hybridized carbons (Fsp3) is 0.565. The van der Waals surface area contributed by atoms with E-state index in [4.69, 9.17) is 4.42 Å². The maximum Gasteiger partial charge on any atom is 0.274 e. The fourth-order valence-corrected chi connectivity index (χ4v) is 4.59. The predicted octanol–water partition coefficient (Wildman–Crippen LogP) is 3.62. The van der Waals surface area contributed by atoms with Crippen molar-refractivity contribution < 1.29 is 9.21 Å². The average Bonchev–Trinajstić information content (AvgIpc) is 3.36. The summed E-state index contributed by atoms with van der Waals surface area (Å²) in [6.45, 7) is 1.47. The van der Waals surface area contributed by atoms with Gasteiger partial charge in [-0.3, -0.25) is 9.48 Å². The lowest BCUT2D eigenvalue weighted by atomic mass is 9.90. The lowest BCUT2D eigenvalue weighted by Gasteiger charge is -2.25. The normalized spacial score (nSPS) is 19.0. The molecule has 1 atom stereocenters. The molecule has 0 bridgehead atoms. The van der Waals surface area contributed by atoms with Gasteiger partial charge in [0.15, 0.2) is 5.69 Å². The Bertz CT molecular complexity index is 866. The van der Waals surface area contributed by atoms with Crippen LogP contribution in [-0.4, -0.2) is 40.2 Å². The molecule has 0 aromatic carbocycles. The van der Waals surface area contributed by atoms with E-state index in [0.29, 0.717) is 18.3 Å². The zero-order valence-electron chi connectivity index (χ0n) is 17.6. The maximum atomic E-state index is 13.1. The number of aryl methyl sites for hydroxylation is 1. The Hall–Kier alpha value is -2.34. The van der Waals surface area contributed by atoms with Gasteiger partial charge < -0.3 is 14.6 Å². The molecule has 2 aromatic heterocycles. The van der Waals surface area contributed by atoms with E-state index in [9.17, 15) is 4.79 Å². The number of carbonyl (C=O) groups is 1. The fourth-order valence-electron chi connectivity index (χ4n) is 4.59. The molecule has 0 saturated carbocycles. The van der Waals surface area contributed by atoms with E-state index < -0.39 is 0 Å². The van der Waals surface area contributed by atoms with Crippen molar-refractivity contribution in [2.45, 2.75) is 64.0 Å². The Kier molecular flexibility index (Phi) is 6.19. The van der Waals surface area contributed by atoms with Crippen LogP contribution in [-0.2, 0) is 26.4 Å². The summed E-state index contributed by atoms with van der Waals surface area (Å²) in [6, 6.07) is 4.15. The average molecular weight is 397 g/mol. The highest BCUT2D eigenvalue weighted by Crippen LogP contribution is 2.26. The van der Waals surface area contributed by atoms with Crippen LogP contribution >= 0.6 is 0 Å². The van der Waals surface area contributed by atoms with Gasteiger partial charge in [0.25, 0.3) is 5.91 Å². The molecule has 0 spiro atoms. The summed E-state index contributed by atoms with van der Waals surface area (Å²) < 4.78 is 7.28. The third kappa shape index (κ3) is 4.64. The summed E-state index contributed by atoms with van der Waals surface area (Å²) in [4.78, 5) is 14.8. The molecule has 29 heavy (non-hydrogen) atoms. The summed E-state index contributed by atoms with van der Waals surface area (Å²) in [5, 5.41) is 8.32.